The fraction of sp³-hybridized carbons (Fsp3) is 0.208. The number of fused-ring (bicyclic) bond motifs is 1. The summed E-state index contributed by atoms with van der Waals surface area (Å²) in [4.78, 5) is 15.6. The first kappa shape index (κ1) is 22.0. The van der Waals surface area contributed by atoms with E-state index in [0.717, 1.165) is 17.0 Å². The molecule has 5 nitrogen and oxygen atoms in total. The first-order chi connectivity index (χ1) is 15.3. The summed E-state index contributed by atoms with van der Waals surface area (Å²) < 4.78 is 53.6. The summed E-state index contributed by atoms with van der Waals surface area (Å²) in [5.41, 5.74) is 2.01. The minimum absolute atomic E-state index is 0.00889. The van der Waals surface area contributed by atoms with Gasteiger partial charge in [0.1, 0.15) is 12.0 Å². The highest BCUT2D eigenvalue weighted by atomic mass is 32.2. The Morgan fingerprint density at radius 1 is 1.16 bits per heavy atom. The zero-order valence-corrected chi connectivity index (χ0v) is 18.2. The van der Waals surface area contributed by atoms with E-state index in [1.54, 1.807) is 43.5 Å². The van der Waals surface area contributed by atoms with Crippen LogP contribution in [0.1, 0.15) is 24.5 Å². The molecule has 1 amide bonds. The lowest BCUT2D eigenvalue weighted by Gasteiger charge is -2.21. The molecule has 3 aromatic rings. The number of carbonyl (C=O) groups excluding carboxylic acids is 1. The lowest BCUT2D eigenvalue weighted by atomic mass is 9.91. The van der Waals surface area contributed by atoms with Crippen molar-refractivity contribution in [2.75, 3.05) is 5.75 Å². The maximum Gasteiger partial charge on any atom is 0.228 e. The molecule has 8 heteroatoms. The SMILES string of the molecule is CCS(=O)(=O)c1ccc(CC(=O)NC2=CC(F)=C(c3cccc4[nH]ccc34)C(F)C2)cc1. The lowest BCUT2D eigenvalue weighted by Crippen LogP contribution is -2.28. The van der Waals surface area contributed by atoms with E-state index in [2.05, 4.69) is 10.3 Å². The lowest BCUT2D eigenvalue weighted by molar-refractivity contribution is -0.119. The minimum atomic E-state index is -3.32. The molecule has 1 aromatic heterocycles. The maximum absolute atomic E-state index is 15.0. The van der Waals surface area contributed by atoms with Crippen LogP contribution in [0.5, 0.6) is 0 Å². The fourth-order valence-corrected chi connectivity index (χ4v) is 4.71. The van der Waals surface area contributed by atoms with Gasteiger partial charge >= 0.3 is 0 Å². The normalized spacial score (nSPS) is 16.8. The van der Waals surface area contributed by atoms with Crippen LogP contribution in [0.25, 0.3) is 16.5 Å². The van der Waals surface area contributed by atoms with Crippen LogP contribution in [0.3, 0.4) is 0 Å². The first-order valence-corrected chi connectivity index (χ1v) is 11.9. The van der Waals surface area contributed by atoms with Crippen LogP contribution in [0.2, 0.25) is 0 Å². The zero-order valence-electron chi connectivity index (χ0n) is 17.4. The van der Waals surface area contributed by atoms with Crippen molar-refractivity contribution in [2.45, 2.75) is 30.8 Å². The summed E-state index contributed by atoms with van der Waals surface area (Å²) in [6.07, 6.45) is 1.08. The molecule has 2 aromatic carbocycles. The number of hydrogen-bond donors (Lipinski definition) is 2. The average Bonchev–Trinajstić information content (AvgIpc) is 3.23. The van der Waals surface area contributed by atoms with Crippen molar-refractivity contribution in [3.8, 4) is 0 Å². The first-order valence-electron chi connectivity index (χ1n) is 10.2. The molecule has 32 heavy (non-hydrogen) atoms. The van der Waals surface area contributed by atoms with Crippen molar-refractivity contribution in [1.82, 2.24) is 10.3 Å². The van der Waals surface area contributed by atoms with Crippen LogP contribution in [0.15, 0.2) is 77.2 Å². The number of rotatable bonds is 6. The third-order valence-electron chi connectivity index (χ3n) is 5.48. The molecule has 1 atom stereocenters. The van der Waals surface area contributed by atoms with Crippen LogP contribution in [-0.4, -0.2) is 31.2 Å². The number of benzene rings is 2. The molecule has 1 heterocycles. The molecule has 4 rings (SSSR count). The Balaban J connectivity index is 1.50. The third-order valence-corrected chi connectivity index (χ3v) is 7.23. The molecular weight excluding hydrogens is 434 g/mol. The van der Waals surface area contributed by atoms with Gasteiger partial charge in [-0.3, -0.25) is 4.79 Å². The van der Waals surface area contributed by atoms with E-state index in [9.17, 15) is 22.0 Å². The topological polar surface area (TPSA) is 79.0 Å². The molecule has 0 radical (unpaired) electrons. The van der Waals surface area contributed by atoms with Gasteiger partial charge in [-0.25, -0.2) is 17.2 Å². The number of allylic oxidation sites excluding steroid dienone is 4. The molecule has 2 N–H and O–H groups in total. The molecule has 1 aliphatic rings. The van der Waals surface area contributed by atoms with Gasteiger partial charge in [-0.15, -0.1) is 0 Å². The molecule has 0 saturated heterocycles. The number of aromatic nitrogens is 1. The molecule has 0 saturated carbocycles. The highest BCUT2D eigenvalue weighted by Crippen LogP contribution is 2.37. The van der Waals surface area contributed by atoms with Crippen molar-refractivity contribution in [1.29, 1.82) is 0 Å². The Morgan fingerprint density at radius 3 is 2.59 bits per heavy atom. The van der Waals surface area contributed by atoms with Crippen LogP contribution < -0.4 is 5.32 Å². The highest BCUT2D eigenvalue weighted by Gasteiger charge is 2.27. The fourth-order valence-electron chi connectivity index (χ4n) is 3.83. The molecule has 1 unspecified atom stereocenters. The van der Waals surface area contributed by atoms with Gasteiger partial charge in [0, 0.05) is 34.8 Å². The van der Waals surface area contributed by atoms with E-state index >= 15 is 0 Å². The van der Waals surface area contributed by atoms with Gasteiger partial charge in [0.15, 0.2) is 9.84 Å². The second-order valence-corrected chi connectivity index (χ2v) is 9.90. The maximum atomic E-state index is 15.0. The summed E-state index contributed by atoms with van der Waals surface area (Å²) in [6.45, 7) is 1.56. The van der Waals surface area contributed by atoms with E-state index in [1.807, 2.05) is 6.07 Å². The standard InChI is InChI=1S/C24H22F2N2O3S/c1-2-32(30,31)17-8-6-15(7-9-17)12-23(29)28-16-13-20(25)24(21(26)14-16)19-4-3-5-22-18(19)10-11-27-22/h3-11,13,21,27H,2,12,14H2,1H3,(H,28,29). The number of amides is 1. The number of H-pyrrole nitrogens is 1. The minimum Gasteiger partial charge on any atom is -0.361 e. The summed E-state index contributed by atoms with van der Waals surface area (Å²) in [5, 5.41) is 3.30. The number of nitrogens with one attached hydrogen (secondary N) is 2. The molecular formula is C24H22F2N2O3S. The van der Waals surface area contributed by atoms with Gasteiger partial charge in [-0.2, -0.15) is 0 Å². The monoisotopic (exact) mass is 456 g/mol. The average molecular weight is 457 g/mol. The van der Waals surface area contributed by atoms with Crippen molar-refractivity contribution in [3.63, 3.8) is 0 Å². The zero-order chi connectivity index (χ0) is 22.9. The number of carbonyl (C=O) groups is 1. The van der Waals surface area contributed by atoms with E-state index in [1.165, 1.54) is 12.1 Å². The molecule has 1 aliphatic carbocycles. The molecule has 0 fully saturated rings. The summed E-state index contributed by atoms with van der Waals surface area (Å²) in [6, 6.07) is 13.0. The van der Waals surface area contributed by atoms with Gasteiger partial charge in [-0.05, 0) is 41.5 Å². The number of halogens is 2. The third kappa shape index (κ3) is 4.36. The van der Waals surface area contributed by atoms with Crippen LogP contribution in [-0.2, 0) is 21.1 Å². The van der Waals surface area contributed by atoms with Gasteiger partial charge < -0.3 is 10.3 Å². The van der Waals surface area contributed by atoms with E-state index in [4.69, 9.17) is 0 Å². The predicted molar refractivity (Wildman–Crippen MR) is 120 cm³/mol. The molecule has 166 valence electrons. The number of sulfone groups is 1. The van der Waals surface area contributed by atoms with Gasteiger partial charge in [0.05, 0.1) is 17.1 Å². The molecule has 0 aliphatic heterocycles. The van der Waals surface area contributed by atoms with Crippen molar-refractivity contribution < 1.29 is 22.0 Å². The Kier molecular flexibility index (Phi) is 5.97. The van der Waals surface area contributed by atoms with Crippen molar-refractivity contribution in [2.24, 2.45) is 0 Å². The summed E-state index contributed by atoms with van der Waals surface area (Å²) >= 11 is 0. The highest BCUT2D eigenvalue weighted by molar-refractivity contribution is 7.91. The summed E-state index contributed by atoms with van der Waals surface area (Å²) in [7, 11) is -3.32. The number of hydrogen-bond acceptors (Lipinski definition) is 3. The second kappa shape index (κ2) is 8.70. The number of aromatic amines is 1. The van der Waals surface area contributed by atoms with Crippen LogP contribution in [0.4, 0.5) is 8.78 Å². The van der Waals surface area contributed by atoms with Crippen LogP contribution >= 0.6 is 0 Å². The predicted octanol–water partition coefficient (Wildman–Crippen LogP) is 4.63. The largest absolute Gasteiger partial charge is 0.361 e. The van der Waals surface area contributed by atoms with Crippen molar-refractivity contribution in [3.05, 3.63) is 83.5 Å². The van der Waals surface area contributed by atoms with E-state index in [-0.39, 0.29) is 34.8 Å². The quantitative estimate of drug-likeness (QED) is 0.568. The molecule has 0 spiro atoms. The Bertz CT molecular complexity index is 1340. The Morgan fingerprint density at radius 2 is 1.91 bits per heavy atom. The van der Waals surface area contributed by atoms with Gasteiger partial charge in [0.2, 0.25) is 5.91 Å². The van der Waals surface area contributed by atoms with Gasteiger partial charge in [0.25, 0.3) is 0 Å². The molecule has 0 bridgehead atoms. The second-order valence-electron chi connectivity index (χ2n) is 7.62. The smallest absolute Gasteiger partial charge is 0.228 e. The van der Waals surface area contributed by atoms with Crippen LogP contribution in [0, 0.1) is 0 Å². The van der Waals surface area contributed by atoms with E-state index in [0.29, 0.717) is 11.1 Å². The summed E-state index contributed by atoms with van der Waals surface area (Å²) in [5.74, 6) is -1.16. The Hall–Kier alpha value is -3.26. The van der Waals surface area contributed by atoms with Gasteiger partial charge in [-0.1, -0.05) is 31.2 Å². The Labute approximate surface area is 184 Å². The number of alkyl halides is 1. The van der Waals surface area contributed by atoms with E-state index < -0.39 is 27.7 Å². The van der Waals surface area contributed by atoms with Crippen molar-refractivity contribution >= 4 is 32.2 Å².